The van der Waals surface area contributed by atoms with E-state index in [2.05, 4.69) is 37.3 Å². The van der Waals surface area contributed by atoms with Crippen molar-refractivity contribution in [1.29, 1.82) is 0 Å². The van der Waals surface area contributed by atoms with E-state index in [0.29, 0.717) is 0 Å². The minimum Gasteiger partial charge on any atom is -0.0622 e. The lowest BCUT2D eigenvalue weighted by Crippen LogP contribution is -2.17. The first-order chi connectivity index (χ1) is 7.36. The van der Waals surface area contributed by atoms with Gasteiger partial charge in [0.1, 0.15) is 0 Å². The maximum Gasteiger partial charge on any atom is -0.0276 e. The van der Waals surface area contributed by atoms with E-state index in [1.54, 1.807) is 0 Å². The zero-order valence-electron chi connectivity index (χ0n) is 9.78. The molecule has 2 atom stereocenters. The summed E-state index contributed by atoms with van der Waals surface area (Å²) in [5.74, 6) is 1.95. The molecule has 1 unspecified atom stereocenters. The first-order valence-electron chi connectivity index (χ1n) is 6.40. The van der Waals surface area contributed by atoms with E-state index in [1.807, 2.05) is 0 Å². The molecule has 0 N–H and O–H groups in total. The molecule has 1 aromatic rings. The highest BCUT2D eigenvalue weighted by Gasteiger charge is 2.20. The van der Waals surface area contributed by atoms with Gasteiger partial charge in [-0.2, -0.15) is 0 Å². The van der Waals surface area contributed by atoms with Crippen LogP contribution >= 0.6 is 0 Å². The Kier molecular flexibility index (Phi) is 3.82. The van der Waals surface area contributed by atoms with Gasteiger partial charge in [-0.1, -0.05) is 62.9 Å². The number of hydrogen-bond donors (Lipinski definition) is 0. The maximum absolute atomic E-state index is 2.44. The highest BCUT2D eigenvalue weighted by atomic mass is 14.3. The van der Waals surface area contributed by atoms with E-state index in [0.717, 1.165) is 11.8 Å². The van der Waals surface area contributed by atoms with Crippen LogP contribution in [0.5, 0.6) is 0 Å². The Labute approximate surface area is 93.7 Å². The van der Waals surface area contributed by atoms with Crippen LogP contribution in [0, 0.1) is 11.8 Å². The van der Waals surface area contributed by atoms with Crippen molar-refractivity contribution < 1.29 is 0 Å². The van der Waals surface area contributed by atoms with Crippen LogP contribution in [0.25, 0.3) is 0 Å². The second-order valence-corrected chi connectivity index (χ2v) is 5.05. The Hall–Kier alpha value is -0.780. The molecule has 82 valence electrons. The van der Waals surface area contributed by atoms with E-state index >= 15 is 0 Å². The van der Waals surface area contributed by atoms with Crippen molar-refractivity contribution in [3.63, 3.8) is 0 Å². The molecule has 0 aliphatic heterocycles. The molecule has 1 aromatic carbocycles. The Balaban J connectivity index is 1.82. The van der Waals surface area contributed by atoms with Crippen LogP contribution in [0.3, 0.4) is 0 Å². The van der Waals surface area contributed by atoms with Crippen LogP contribution in [0.4, 0.5) is 0 Å². The lowest BCUT2D eigenvalue weighted by molar-refractivity contribution is 0.242. The predicted octanol–water partition coefficient (Wildman–Crippen LogP) is 4.45. The molecule has 1 fully saturated rings. The third-order valence-electron chi connectivity index (χ3n) is 3.94. The zero-order chi connectivity index (χ0) is 10.5. The summed E-state index contributed by atoms with van der Waals surface area (Å²) in [6, 6.07) is 10.9. The Bertz CT molecular complexity index is 275. The first-order valence-corrected chi connectivity index (χ1v) is 6.40. The van der Waals surface area contributed by atoms with Crippen LogP contribution in [0.15, 0.2) is 30.3 Å². The SMILES string of the molecule is CC1CCCC[C@H]1CCc1ccccc1. The smallest absolute Gasteiger partial charge is 0.0276 e. The van der Waals surface area contributed by atoms with E-state index in [4.69, 9.17) is 0 Å². The Morgan fingerprint density at radius 1 is 1.07 bits per heavy atom. The number of aryl methyl sites for hydroxylation is 1. The highest BCUT2D eigenvalue weighted by Crippen LogP contribution is 2.32. The average molecular weight is 202 g/mol. The molecule has 1 saturated carbocycles. The van der Waals surface area contributed by atoms with Gasteiger partial charge in [0.15, 0.2) is 0 Å². The van der Waals surface area contributed by atoms with E-state index in [-0.39, 0.29) is 0 Å². The monoisotopic (exact) mass is 202 g/mol. The highest BCUT2D eigenvalue weighted by molar-refractivity contribution is 5.14. The van der Waals surface area contributed by atoms with Gasteiger partial charge in [0.25, 0.3) is 0 Å². The molecular formula is C15H22. The fourth-order valence-electron chi connectivity index (χ4n) is 2.82. The third kappa shape index (κ3) is 3.09. The largest absolute Gasteiger partial charge is 0.0622 e. The van der Waals surface area contributed by atoms with Crippen molar-refractivity contribution in [2.24, 2.45) is 11.8 Å². The van der Waals surface area contributed by atoms with Crippen LogP contribution < -0.4 is 0 Å². The molecule has 2 rings (SSSR count). The average Bonchev–Trinajstić information content (AvgIpc) is 2.29. The second-order valence-electron chi connectivity index (χ2n) is 5.05. The van der Waals surface area contributed by atoms with Gasteiger partial charge < -0.3 is 0 Å². The summed E-state index contributed by atoms with van der Waals surface area (Å²) < 4.78 is 0. The van der Waals surface area contributed by atoms with Gasteiger partial charge in [-0.3, -0.25) is 0 Å². The number of benzene rings is 1. The fraction of sp³-hybridized carbons (Fsp3) is 0.600. The van der Waals surface area contributed by atoms with Gasteiger partial charge in [-0.25, -0.2) is 0 Å². The first kappa shape index (κ1) is 10.7. The van der Waals surface area contributed by atoms with Crippen LogP contribution in [0.1, 0.15) is 44.6 Å². The summed E-state index contributed by atoms with van der Waals surface area (Å²) in [6.45, 7) is 2.44. The quantitative estimate of drug-likeness (QED) is 0.679. The summed E-state index contributed by atoms with van der Waals surface area (Å²) in [5, 5.41) is 0. The Morgan fingerprint density at radius 2 is 1.80 bits per heavy atom. The Morgan fingerprint density at radius 3 is 2.53 bits per heavy atom. The van der Waals surface area contributed by atoms with Gasteiger partial charge in [0.05, 0.1) is 0 Å². The van der Waals surface area contributed by atoms with Crippen molar-refractivity contribution in [2.75, 3.05) is 0 Å². The summed E-state index contributed by atoms with van der Waals surface area (Å²) in [5.41, 5.74) is 1.51. The van der Waals surface area contributed by atoms with Gasteiger partial charge in [-0.15, -0.1) is 0 Å². The molecule has 0 radical (unpaired) electrons. The van der Waals surface area contributed by atoms with Gasteiger partial charge in [0, 0.05) is 0 Å². The molecule has 0 aromatic heterocycles. The van der Waals surface area contributed by atoms with Crippen molar-refractivity contribution in [3.8, 4) is 0 Å². The fourth-order valence-corrected chi connectivity index (χ4v) is 2.82. The molecule has 0 saturated heterocycles. The topological polar surface area (TPSA) is 0 Å². The summed E-state index contributed by atoms with van der Waals surface area (Å²) in [7, 11) is 0. The second kappa shape index (κ2) is 5.34. The standard InChI is InChI=1S/C15H22/c1-13-7-5-6-10-15(13)12-11-14-8-3-2-4-9-14/h2-4,8-9,13,15H,5-7,10-12H2,1H3/t13?,15-/m0/s1. The lowest BCUT2D eigenvalue weighted by Gasteiger charge is -2.28. The van der Waals surface area contributed by atoms with Gasteiger partial charge >= 0.3 is 0 Å². The molecule has 0 spiro atoms. The number of rotatable bonds is 3. The summed E-state index contributed by atoms with van der Waals surface area (Å²) in [6.07, 6.45) is 8.52. The normalized spacial score (nSPS) is 26.5. The molecule has 0 bridgehead atoms. The van der Waals surface area contributed by atoms with E-state index in [9.17, 15) is 0 Å². The van der Waals surface area contributed by atoms with Gasteiger partial charge in [0.2, 0.25) is 0 Å². The minimum atomic E-state index is 0.961. The molecule has 1 aliphatic carbocycles. The lowest BCUT2D eigenvalue weighted by atomic mass is 9.77. The van der Waals surface area contributed by atoms with Crippen LogP contribution in [-0.2, 0) is 6.42 Å². The third-order valence-corrected chi connectivity index (χ3v) is 3.94. The molecule has 0 amide bonds. The maximum atomic E-state index is 2.44. The molecule has 15 heavy (non-hydrogen) atoms. The summed E-state index contributed by atoms with van der Waals surface area (Å²) >= 11 is 0. The number of hydrogen-bond acceptors (Lipinski definition) is 0. The molecule has 0 heterocycles. The van der Waals surface area contributed by atoms with Crippen molar-refractivity contribution in [3.05, 3.63) is 35.9 Å². The van der Waals surface area contributed by atoms with Crippen molar-refractivity contribution in [2.45, 2.75) is 45.4 Å². The van der Waals surface area contributed by atoms with Crippen molar-refractivity contribution in [1.82, 2.24) is 0 Å². The molecule has 0 nitrogen and oxygen atoms in total. The predicted molar refractivity (Wildman–Crippen MR) is 65.9 cm³/mol. The molecular weight excluding hydrogens is 180 g/mol. The van der Waals surface area contributed by atoms with Crippen LogP contribution in [-0.4, -0.2) is 0 Å². The minimum absolute atomic E-state index is 0.961. The van der Waals surface area contributed by atoms with Gasteiger partial charge in [-0.05, 0) is 30.2 Å². The van der Waals surface area contributed by atoms with Crippen molar-refractivity contribution >= 4 is 0 Å². The van der Waals surface area contributed by atoms with E-state index in [1.165, 1.54) is 44.1 Å². The summed E-state index contributed by atoms with van der Waals surface area (Å²) in [4.78, 5) is 0. The molecule has 1 aliphatic rings. The zero-order valence-corrected chi connectivity index (χ0v) is 9.78. The molecule has 0 heteroatoms. The van der Waals surface area contributed by atoms with Crippen LogP contribution in [0.2, 0.25) is 0 Å². The van der Waals surface area contributed by atoms with E-state index < -0.39 is 0 Å².